The van der Waals surface area contributed by atoms with Gasteiger partial charge in [-0.1, -0.05) is 62.2 Å². The number of aryl methyl sites for hydroxylation is 1. The Balaban J connectivity index is 1.49. The van der Waals surface area contributed by atoms with Gasteiger partial charge in [0.05, 0.1) is 6.04 Å². The fourth-order valence-corrected chi connectivity index (χ4v) is 6.53. The van der Waals surface area contributed by atoms with Crippen molar-refractivity contribution < 1.29 is 0 Å². The molecule has 0 bridgehead atoms. The van der Waals surface area contributed by atoms with Crippen LogP contribution in [0.3, 0.4) is 0 Å². The Morgan fingerprint density at radius 2 is 1.90 bits per heavy atom. The number of thiophene rings is 1. The zero-order valence-electron chi connectivity index (χ0n) is 22.3. The number of nitrogens with one attached hydrogen (secondary N) is 1. The highest BCUT2D eigenvalue weighted by Crippen LogP contribution is 2.35. The first-order chi connectivity index (χ1) is 19.2. The maximum absolute atomic E-state index is 13.8. The lowest BCUT2D eigenvalue weighted by Gasteiger charge is -2.31. The Bertz CT molecular complexity index is 1570. The Hall–Kier alpha value is -3.62. The molecule has 0 amide bonds. The average Bonchev–Trinajstić information content (AvgIpc) is 3.76. The van der Waals surface area contributed by atoms with Crippen LogP contribution >= 0.6 is 11.3 Å². The number of aromatic nitrogens is 5. The van der Waals surface area contributed by atoms with Crippen LogP contribution in [0.4, 0.5) is 0 Å². The molecule has 3 aromatic heterocycles. The quantitative estimate of drug-likeness (QED) is 0.233. The molecule has 1 fully saturated rings. The van der Waals surface area contributed by atoms with E-state index in [4.69, 9.17) is 0 Å². The number of hydrogen-bond acceptors (Lipinski definition) is 6. The Labute approximate surface area is 232 Å². The molecule has 39 heavy (non-hydrogen) atoms. The van der Waals surface area contributed by atoms with Crippen molar-refractivity contribution in [3.63, 3.8) is 0 Å². The van der Waals surface area contributed by atoms with E-state index in [1.165, 1.54) is 28.8 Å². The zero-order valence-corrected chi connectivity index (χ0v) is 23.1. The standard InChI is InChI=1S/C31H34N6OS/c1-2-22-14-15-28-24(19-22)20-27(31(38)32-28)29(30-33-34-35-37(30)25-11-6-7-12-25)36(21-26-13-8-18-39-26)17-16-23-9-4-3-5-10-23/h3-5,8-10,13-15,18-20,25,29H,2,6-7,11-12,16-17,21H2,1H3,(H,32,38)/t29-/m0/s1. The van der Waals surface area contributed by atoms with Gasteiger partial charge in [-0.25, -0.2) is 4.68 Å². The third kappa shape index (κ3) is 5.58. The van der Waals surface area contributed by atoms with Gasteiger partial charge in [0.25, 0.3) is 5.56 Å². The van der Waals surface area contributed by atoms with Crippen LogP contribution in [-0.2, 0) is 19.4 Å². The number of nitrogens with zero attached hydrogens (tertiary/aromatic N) is 5. The van der Waals surface area contributed by atoms with E-state index in [2.05, 4.69) is 92.3 Å². The molecule has 0 radical (unpaired) electrons. The van der Waals surface area contributed by atoms with E-state index in [1.807, 2.05) is 16.8 Å². The molecule has 5 aromatic rings. The van der Waals surface area contributed by atoms with Gasteiger partial charge in [0.2, 0.25) is 0 Å². The van der Waals surface area contributed by atoms with Crippen LogP contribution in [0, 0.1) is 0 Å². The van der Waals surface area contributed by atoms with Crippen molar-refractivity contribution in [1.29, 1.82) is 0 Å². The van der Waals surface area contributed by atoms with Crippen molar-refractivity contribution in [2.24, 2.45) is 0 Å². The summed E-state index contributed by atoms with van der Waals surface area (Å²) in [4.78, 5) is 20.6. The summed E-state index contributed by atoms with van der Waals surface area (Å²) in [6, 6.07) is 23.0. The molecule has 2 aromatic carbocycles. The summed E-state index contributed by atoms with van der Waals surface area (Å²) in [7, 11) is 0. The molecule has 6 rings (SSSR count). The Morgan fingerprint density at radius 1 is 1.05 bits per heavy atom. The van der Waals surface area contributed by atoms with E-state index in [0.29, 0.717) is 12.1 Å². The molecule has 1 saturated carbocycles. The van der Waals surface area contributed by atoms with Crippen LogP contribution in [-0.4, -0.2) is 36.6 Å². The summed E-state index contributed by atoms with van der Waals surface area (Å²) in [6.07, 6.45) is 6.28. The van der Waals surface area contributed by atoms with Crippen molar-refractivity contribution in [2.75, 3.05) is 6.54 Å². The number of aromatic amines is 1. The lowest BCUT2D eigenvalue weighted by atomic mass is 10.0. The first kappa shape index (κ1) is 25.6. The van der Waals surface area contributed by atoms with E-state index in [-0.39, 0.29) is 17.6 Å². The van der Waals surface area contributed by atoms with Crippen LogP contribution in [0.5, 0.6) is 0 Å². The summed E-state index contributed by atoms with van der Waals surface area (Å²) in [6.45, 7) is 3.62. The topological polar surface area (TPSA) is 79.7 Å². The second-order valence-corrected chi connectivity index (χ2v) is 11.5. The van der Waals surface area contributed by atoms with Gasteiger partial charge in [0.15, 0.2) is 5.82 Å². The van der Waals surface area contributed by atoms with Crippen molar-refractivity contribution in [1.82, 2.24) is 30.1 Å². The number of benzene rings is 2. The summed E-state index contributed by atoms with van der Waals surface area (Å²) in [5, 5.41) is 16.4. The molecule has 3 heterocycles. The Morgan fingerprint density at radius 3 is 2.67 bits per heavy atom. The van der Waals surface area contributed by atoms with Gasteiger partial charge in [0.1, 0.15) is 6.04 Å². The number of rotatable bonds is 10. The smallest absolute Gasteiger partial charge is 0.253 e. The van der Waals surface area contributed by atoms with Crippen LogP contribution in [0.2, 0.25) is 0 Å². The SMILES string of the molecule is CCc1ccc2[nH]c(=O)c([C@@H](c3nnnn3C3CCCC3)N(CCc3ccccc3)Cc3cccs3)cc2c1. The molecule has 1 atom stereocenters. The molecule has 7 nitrogen and oxygen atoms in total. The third-order valence-electron chi connectivity index (χ3n) is 7.91. The minimum Gasteiger partial charge on any atom is -0.322 e. The predicted octanol–water partition coefficient (Wildman–Crippen LogP) is 6.09. The van der Waals surface area contributed by atoms with Crippen LogP contribution in [0.25, 0.3) is 10.9 Å². The van der Waals surface area contributed by atoms with Gasteiger partial charge in [0, 0.05) is 29.0 Å². The van der Waals surface area contributed by atoms with E-state index in [0.717, 1.165) is 49.0 Å². The minimum atomic E-state index is -0.384. The second-order valence-electron chi connectivity index (χ2n) is 10.4. The van der Waals surface area contributed by atoms with Gasteiger partial charge in [-0.2, -0.15) is 0 Å². The summed E-state index contributed by atoms with van der Waals surface area (Å²) in [5.41, 5.74) is 3.96. The Kier molecular flexibility index (Phi) is 7.65. The number of pyridine rings is 1. The van der Waals surface area contributed by atoms with Crippen molar-refractivity contribution >= 4 is 22.2 Å². The molecule has 0 aliphatic heterocycles. The first-order valence-electron chi connectivity index (χ1n) is 13.9. The fourth-order valence-electron chi connectivity index (χ4n) is 5.80. The monoisotopic (exact) mass is 538 g/mol. The van der Waals surface area contributed by atoms with Gasteiger partial charge in [-0.15, -0.1) is 16.4 Å². The average molecular weight is 539 g/mol. The maximum Gasteiger partial charge on any atom is 0.253 e. The molecule has 1 aliphatic carbocycles. The lowest BCUT2D eigenvalue weighted by Crippen LogP contribution is -2.36. The molecule has 1 N–H and O–H groups in total. The lowest BCUT2D eigenvalue weighted by molar-refractivity contribution is 0.203. The van der Waals surface area contributed by atoms with Gasteiger partial charge >= 0.3 is 0 Å². The molecule has 0 unspecified atom stereocenters. The van der Waals surface area contributed by atoms with Gasteiger partial charge in [-0.3, -0.25) is 9.69 Å². The highest BCUT2D eigenvalue weighted by Gasteiger charge is 2.33. The number of fused-ring (bicyclic) bond motifs is 1. The highest BCUT2D eigenvalue weighted by atomic mass is 32.1. The normalized spacial score (nSPS) is 14.9. The number of hydrogen-bond donors (Lipinski definition) is 1. The van der Waals surface area contributed by atoms with E-state index < -0.39 is 0 Å². The number of H-pyrrole nitrogens is 1. The van der Waals surface area contributed by atoms with Crippen LogP contribution in [0.1, 0.15) is 72.1 Å². The molecule has 200 valence electrons. The van der Waals surface area contributed by atoms with Gasteiger partial charge in [-0.05, 0) is 82.3 Å². The first-order valence-corrected chi connectivity index (χ1v) is 14.8. The third-order valence-corrected chi connectivity index (χ3v) is 8.77. The maximum atomic E-state index is 13.8. The minimum absolute atomic E-state index is 0.0892. The van der Waals surface area contributed by atoms with Crippen molar-refractivity contribution in [2.45, 2.75) is 64.1 Å². The second kappa shape index (κ2) is 11.6. The molecular weight excluding hydrogens is 504 g/mol. The fraction of sp³-hybridized carbons (Fsp3) is 0.355. The van der Waals surface area contributed by atoms with E-state index in [1.54, 1.807) is 11.3 Å². The molecule has 8 heteroatoms. The zero-order chi connectivity index (χ0) is 26.6. The van der Waals surface area contributed by atoms with Crippen LogP contribution in [0.15, 0.2) is 76.9 Å². The summed E-state index contributed by atoms with van der Waals surface area (Å²) in [5.74, 6) is 0.753. The number of tetrazole rings is 1. The van der Waals surface area contributed by atoms with Gasteiger partial charge < -0.3 is 4.98 Å². The molecule has 1 aliphatic rings. The molecular formula is C31H34N6OS. The summed E-state index contributed by atoms with van der Waals surface area (Å²) < 4.78 is 2.01. The van der Waals surface area contributed by atoms with E-state index >= 15 is 0 Å². The predicted molar refractivity (Wildman–Crippen MR) is 156 cm³/mol. The highest BCUT2D eigenvalue weighted by molar-refractivity contribution is 7.09. The largest absolute Gasteiger partial charge is 0.322 e. The molecule has 0 spiro atoms. The van der Waals surface area contributed by atoms with Crippen molar-refractivity contribution in [3.05, 3.63) is 110 Å². The van der Waals surface area contributed by atoms with Crippen LogP contribution < -0.4 is 5.56 Å². The van der Waals surface area contributed by atoms with E-state index in [9.17, 15) is 4.79 Å². The molecule has 0 saturated heterocycles. The van der Waals surface area contributed by atoms with Crippen molar-refractivity contribution in [3.8, 4) is 0 Å². The summed E-state index contributed by atoms with van der Waals surface area (Å²) >= 11 is 1.74.